The number of amides is 3. The fraction of sp³-hybridized carbons (Fsp3) is 0. The standard InChI is InChI=1S/C2H4N2O3.3CHNO.CHN/c3-1(5)4-2(6)7;3*2-1-3;1-2/h(H,6,7)(H3,3,4,5);3*2H;1H. The normalized spacial score (nSPS) is 4.33. The first-order valence-electron chi connectivity index (χ1n) is 3.04. The molecule has 12 heteroatoms. The molecule has 7 N–H and O–H groups in total. The van der Waals surface area contributed by atoms with Gasteiger partial charge in [0.15, 0.2) is 0 Å². The molecular formula is C6H8N6O6. The number of hydrogen-bond acceptors (Lipinski definition) is 9. The molecule has 0 heterocycles. The van der Waals surface area contributed by atoms with Gasteiger partial charge in [0, 0.05) is 6.57 Å². The van der Waals surface area contributed by atoms with E-state index in [1.807, 2.05) is 0 Å². The number of carbonyl (C=O) groups excluding carboxylic acids is 4. The summed E-state index contributed by atoms with van der Waals surface area (Å²) in [7, 11) is 0. The summed E-state index contributed by atoms with van der Waals surface area (Å²) in [4.78, 5) is 44.0. The number of isocyanates is 3. The van der Waals surface area contributed by atoms with Crippen molar-refractivity contribution in [2.24, 2.45) is 5.73 Å². The lowest BCUT2D eigenvalue weighted by Crippen LogP contribution is -2.33. The first-order chi connectivity index (χ1) is 8.37. The van der Waals surface area contributed by atoms with Crippen LogP contribution in [-0.2, 0) is 14.4 Å². The summed E-state index contributed by atoms with van der Waals surface area (Å²) in [5.41, 5.74) is 4.36. The Morgan fingerprint density at radius 1 is 1.06 bits per heavy atom. The van der Waals surface area contributed by atoms with Crippen LogP contribution in [-0.4, -0.2) is 35.5 Å². The third-order valence-corrected chi connectivity index (χ3v) is 0.230. The molecule has 0 saturated heterocycles. The van der Waals surface area contributed by atoms with Crippen LogP contribution in [0.3, 0.4) is 0 Å². The molecule has 0 aromatic carbocycles. The van der Waals surface area contributed by atoms with Gasteiger partial charge in [0.25, 0.3) is 0 Å². The highest BCUT2D eigenvalue weighted by Crippen LogP contribution is 1.55. The minimum absolute atomic E-state index is 0.750. The summed E-state index contributed by atoms with van der Waals surface area (Å²) < 4.78 is 0. The van der Waals surface area contributed by atoms with Crippen molar-refractivity contribution in [1.82, 2.24) is 5.32 Å². The summed E-state index contributed by atoms with van der Waals surface area (Å²) in [6.45, 7) is 3.50. The smallest absolute Gasteiger partial charge is 0.412 e. The quantitative estimate of drug-likeness (QED) is 0.238. The molecular weight excluding hydrogens is 252 g/mol. The van der Waals surface area contributed by atoms with E-state index in [2.05, 4.69) is 12.3 Å². The van der Waals surface area contributed by atoms with Gasteiger partial charge in [-0.3, -0.25) is 0 Å². The average Bonchev–Trinajstić information content (AvgIpc) is 2.22. The molecule has 12 nitrogen and oxygen atoms in total. The molecule has 0 aliphatic heterocycles. The van der Waals surface area contributed by atoms with Crippen molar-refractivity contribution in [1.29, 1.82) is 21.5 Å². The maximum atomic E-state index is 9.54. The number of urea groups is 1. The minimum Gasteiger partial charge on any atom is -0.465 e. The number of imide groups is 1. The van der Waals surface area contributed by atoms with E-state index in [9.17, 15) is 9.59 Å². The van der Waals surface area contributed by atoms with Crippen molar-refractivity contribution >= 4 is 30.4 Å². The molecule has 0 saturated carbocycles. The van der Waals surface area contributed by atoms with Gasteiger partial charge in [-0.2, -0.15) is 0 Å². The van der Waals surface area contributed by atoms with Crippen LogP contribution in [0, 0.1) is 28.1 Å². The number of carbonyl (C=O) groups is 2. The van der Waals surface area contributed by atoms with Crippen LogP contribution in [0.4, 0.5) is 9.59 Å². The predicted octanol–water partition coefficient (Wildman–Crippen LogP) is -0.825. The summed E-state index contributed by atoms with van der Waals surface area (Å²) in [5.74, 6) is 0. The molecule has 0 bridgehead atoms. The summed E-state index contributed by atoms with van der Waals surface area (Å²) in [5, 5.41) is 31.7. The lowest BCUT2D eigenvalue weighted by atomic mass is 11.0. The molecule has 0 unspecified atom stereocenters. The first kappa shape index (κ1) is 29.3. The fourth-order valence-electron chi connectivity index (χ4n) is 0.105. The Kier molecular flexibility index (Phi) is 82.0. The number of nitriles is 1. The Morgan fingerprint density at radius 3 is 1.22 bits per heavy atom. The van der Waals surface area contributed by atoms with E-state index in [-0.39, 0.29) is 0 Å². The number of nitrogens with one attached hydrogen (secondary N) is 4. The summed E-state index contributed by atoms with van der Waals surface area (Å²) in [6.07, 6.45) is 0.813. The number of carboxylic acid groups (broad SMARTS) is 1. The minimum atomic E-state index is -1.44. The molecule has 0 spiro atoms. The number of hydrogen-bond donors (Lipinski definition) is 6. The molecule has 3 amide bonds. The van der Waals surface area contributed by atoms with E-state index >= 15 is 0 Å². The molecule has 0 radical (unpaired) electrons. The second kappa shape index (κ2) is 50.4. The van der Waals surface area contributed by atoms with Crippen LogP contribution in [0.2, 0.25) is 0 Å². The number of primary amides is 1. The molecule has 0 aliphatic carbocycles. The van der Waals surface area contributed by atoms with Gasteiger partial charge in [0.2, 0.25) is 18.2 Å². The van der Waals surface area contributed by atoms with Crippen LogP contribution >= 0.6 is 0 Å². The summed E-state index contributed by atoms with van der Waals surface area (Å²) in [6, 6.07) is -1.06. The molecule has 0 fully saturated rings. The molecule has 0 aromatic heterocycles. The van der Waals surface area contributed by atoms with Crippen molar-refractivity contribution in [2.75, 3.05) is 0 Å². The van der Waals surface area contributed by atoms with Gasteiger partial charge in [0.1, 0.15) is 0 Å². The second-order valence-electron chi connectivity index (χ2n) is 1.10. The average molecular weight is 260 g/mol. The Morgan fingerprint density at radius 2 is 1.22 bits per heavy atom. The molecule has 0 aromatic rings. The first-order valence-corrected chi connectivity index (χ1v) is 3.04. The lowest BCUT2D eigenvalue weighted by molar-refractivity contribution is 0.193. The van der Waals surface area contributed by atoms with E-state index in [4.69, 9.17) is 41.0 Å². The zero-order valence-corrected chi connectivity index (χ0v) is 8.59. The van der Waals surface area contributed by atoms with Gasteiger partial charge >= 0.3 is 12.1 Å². The van der Waals surface area contributed by atoms with Gasteiger partial charge in [-0.05, 0) is 0 Å². The maximum Gasteiger partial charge on any atom is 0.412 e. The van der Waals surface area contributed by atoms with Gasteiger partial charge in [-0.25, -0.2) is 50.8 Å². The van der Waals surface area contributed by atoms with Crippen molar-refractivity contribution < 1.29 is 29.1 Å². The Hall–Kier alpha value is -3.63. The fourth-order valence-corrected chi connectivity index (χ4v) is 0.105. The van der Waals surface area contributed by atoms with Crippen molar-refractivity contribution in [3.8, 4) is 6.57 Å². The monoisotopic (exact) mass is 260 g/mol. The third kappa shape index (κ3) is 11700. The van der Waals surface area contributed by atoms with Crippen molar-refractivity contribution in [3.63, 3.8) is 0 Å². The zero-order valence-electron chi connectivity index (χ0n) is 8.59. The highest BCUT2D eigenvalue weighted by atomic mass is 16.4. The van der Waals surface area contributed by atoms with E-state index in [1.54, 1.807) is 0 Å². The molecule has 0 atom stereocenters. The molecule has 98 valence electrons. The van der Waals surface area contributed by atoms with Crippen LogP contribution in [0.25, 0.3) is 0 Å². The second-order valence-corrected chi connectivity index (χ2v) is 1.10. The predicted molar refractivity (Wildman–Crippen MR) is 52.7 cm³/mol. The van der Waals surface area contributed by atoms with E-state index < -0.39 is 12.1 Å². The third-order valence-electron chi connectivity index (χ3n) is 0.230. The van der Waals surface area contributed by atoms with Crippen molar-refractivity contribution in [3.05, 3.63) is 0 Å². The maximum absolute atomic E-state index is 9.54. The van der Waals surface area contributed by atoms with E-state index in [0.717, 1.165) is 18.2 Å². The largest absolute Gasteiger partial charge is 0.465 e. The Labute approximate surface area is 99.5 Å². The van der Waals surface area contributed by atoms with Gasteiger partial charge in [-0.1, -0.05) is 0 Å². The van der Waals surface area contributed by atoms with E-state index in [0.29, 0.717) is 0 Å². The topological polar surface area (TPSA) is 239 Å². The SMILES string of the molecule is C#N.N=C=O.N=C=O.N=C=O.NC(=O)NC(=O)O. The Bertz CT molecular complexity index is 291. The summed E-state index contributed by atoms with van der Waals surface area (Å²) >= 11 is 0. The van der Waals surface area contributed by atoms with E-state index in [1.165, 1.54) is 5.32 Å². The molecule has 0 rings (SSSR count). The number of nitrogens with two attached hydrogens (primary N) is 1. The van der Waals surface area contributed by atoms with Crippen LogP contribution < -0.4 is 11.1 Å². The number of nitrogens with zero attached hydrogens (tertiary/aromatic N) is 1. The van der Waals surface area contributed by atoms with Crippen molar-refractivity contribution in [2.45, 2.75) is 0 Å². The Balaban J connectivity index is -0.0000000437. The van der Waals surface area contributed by atoms with Crippen LogP contribution in [0.5, 0.6) is 0 Å². The van der Waals surface area contributed by atoms with Crippen LogP contribution in [0.15, 0.2) is 0 Å². The zero-order chi connectivity index (χ0) is 16.0. The number of rotatable bonds is 0. The van der Waals surface area contributed by atoms with Crippen LogP contribution in [0.1, 0.15) is 0 Å². The van der Waals surface area contributed by atoms with Gasteiger partial charge in [0.05, 0.1) is 0 Å². The van der Waals surface area contributed by atoms with Gasteiger partial charge in [-0.15, -0.1) is 0 Å². The highest BCUT2D eigenvalue weighted by Gasteiger charge is 1.94. The highest BCUT2D eigenvalue weighted by molar-refractivity contribution is 5.88. The molecule has 0 aliphatic rings. The van der Waals surface area contributed by atoms with Gasteiger partial charge < -0.3 is 10.8 Å². The molecule has 18 heavy (non-hydrogen) atoms. The lowest BCUT2D eigenvalue weighted by Gasteiger charge is -1.86.